The van der Waals surface area contributed by atoms with E-state index in [1.54, 1.807) is 0 Å². The fourth-order valence-corrected chi connectivity index (χ4v) is 0.656. The molecule has 0 spiro atoms. The van der Waals surface area contributed by atoms with Gasteiger partial charge in [-0.2, -0.15) is 0 Å². The smallest absolute Gasteiger partial charge is 0.346 e. The largest absolute Gasteiger partial charge is 0.466 e. The summed E-state index contributed by atoms with van der Waals surface area (Å²) in [6.45, 7) is 2.65. The molecule has 0 aliphatic rings. The van der Waals surface area contributed by atoms with Crippen LogP contribution in [0.4, 0.5) is 0 Å². The fraction of sp³-hybridized carbons (Fsp3) is 0.625. The van der Waals surface area contributed by atoms with Crippen LogP contribution in [0.2, 0.25) is 0 Å². The lowest BCUT2D eigenvalue weighted by Crippen LogP contribution is -2.25. The van der Waals surface area contributed by atoms with Crippen LogP contribution in [-0.4, -0.2) is 30.9 Å². The van der Waals surface area contributed by atoms with Crippen molar-refractivity contribution in [1.29, 1.82) is 0 Å². The van der Waals surface area contributed by atoms with Crippen molar-refractivity contribution in [2.24, 2.45) is 0 Å². The number of carbonyl (C=O) groups excluding carboxylic acids is 3. The summed E-state index contributed by atoms with van der Waals surface area (Å²) in [5.41, 5.74) is 0. The van der Waals surface area contributed by atoms with E-state index in [2.05, 4.69) is 9.47 Å². The lowest BCUT2D eigenvalue weighted by atomic mass is 10.3. The zero-order chi connectivity index (χ0) is 10.4. The molecule has 0 aromatic heterocycles. The number of hydrogen-bond acceptors (Lipinski definition) is 5. The third kappa shape index (κ3) is 4.95. The maximum atomic E-state index is 10.8. The molecule has 0 saturated carbocycles. The SMILES string of the molecule is COC(=O)[C@@H](C)OC(=O)CC(C)=O. The number of methoxy groups -OCH3 is 1. The molecule has 0 aromatic rings. The summed E-state index contributed by atoms with van der Waals surface area (Å²) in [5, 5.41) is 0. The van der Waals surface area contributed by atoms with Crippen molar-refractivity contribution in [1.82, 2.24) is 0 Å². The molecule has 0 rings (SSSR count). The quantitative estimate of drug-likeness (QED) is 0.461. The molecule has 0 heterocycles. The van der Waals surface area contributed by atoms with E-state index in [1.807, 2.05) is 0 Å². The molecule has 0 aliphatic carbocycles. The number of Topliss-reactive ketones (excluding diaryl/α,β-unsaturated/α-hetero) is 1. The Kier molecular flexibility index (Phi) is 4.72. The Bertz CT molecular complexity index is 221. The minimum Gasteiger partial charge on any atom is -0.466 e. The van der Waals surface area contributed by atoms with Gasteiger partial charge in [0.1, 0.15) is 12.2 Å². The van der Waals surface area contributed by atoms with Crippen molar-refractivity contribution in [2.45, 2.75) is 26.4 Å². The molecule has 5 nitrogen and oxygen atoms in total. The Morgan fingerprint density at radius 1 is 1.31 bits per heavy atom. The average molecular weight is 188 g/mol. The monoisotopic (exact) mass is 188 g/mol. The molecule has 0 radical (unpaired) electrons. The zero-order valence-corrected chi connectivity index (χ0v) is 7.83. The highest BCUT2D eigenvalue weighted by Gasteiger charge is 2.18. The second-order valence-electron chi connectivity index (χ2n) is 2.53. The summed E-state index contributed by atoms with van der Waals surface area (Å²) < 4.78 is 8.90. The van der Waals surface area contributed by atoms with E-state index < -0.39 is 18.0 Å². The minimum atomic E-state index is -0.961. The van der Waals surface area contributed by atoms with Crippen LogP contribution in [0.3, 0.4) is 0 Å². The molecular formula is C8H12O5. The predicted molar refractivity (Wildman–Crippen MR) is 42.9 cm³/mol. The van der Waals surface area contributed by atoms with Gasteiger partial charge in [-0.1, -0.05) is 0 Å². The number of ketones is 1. The Morgan fingerprint density at radius 3 is 2.23 bits per heavy atom. The Morgan fingerprint density at radius 2 is 1.85 bits per heavy atom. The van der Waals surface area contributed by atoms with E-state index in [9.17, 15) is 14.4 Å². The third-order valence-corrected chi connectivity index (χ3v) is 1.23. The van der Waals surface area contributed by atoms with Gasteiger partial charge in [-0.25, -0.2) is 4.79 Å². The van der Waals surface area contributed by atoms with Gasteiger partial charge in [0.25, 0.3) is 0 Å². The van der Waals surface area contributed by atoms with Crippen LogP contribution in [0, 0.1) is 0 Å². The topological polar surface area (TPSA) is 69.7 Å². The lowest BCUT2D eigenvalue weighted by Gasteiger charge is -2.09. The first-order valence-corrected chi connectivity index (χ1v) is 3.74. The highest BCUT2D eigenvalue weighted by atomic mass is 16.6. The van der Waals surface area contributed by atoms with Gasteiger partial charge >= 0.3 is 11.9 Å². The maximum Gasteiger partial charge on any atom is 0.346 e. The Labute approximate surface area is 76.0 Å². The fourth-order valence-electron chi connectivity index (χ4n) is 0.656. The molecule has 0 aliphatic heterocycles. The maximum absolute atomic E-state index is 10.8. The highest BCUT2D eigenvalue weighted by Crippen LogP contribution is 1.97. The Hall–Kier alpha value is -1.39. The van der Waals surface area contributed by atoms with Gasteiger partial charge in [-0.15, -0.1) is 0 Å². The first kappa shape index (κ1) is 11.6. The van der Waals surface area contributed by atoms with Crippen molar-refractivity contribution in [2.75, 3.05) is 7.11 Å². The second-order valence-corrected chi connectivity index (χ2v) is 2.53. The van der Waals surface area contributed by atoms with Gasteiger partial charge in [0, 0.05) is 0 Å². The molecule has 74 valence electrons. The van der Waals surface area contributed by atoms with Crippen LogP contribution in [0.25, 0.3) is 0 Å². The van der Waals surface area contributed by atoms with Crippen LogP contribution in [0.5, 0.6) is 0 Å². The van der Waals surface area contributed by atoms with Crippen molar-refractivity contribution in [3.05, 3.63) is 0 Å². The van der Waals surface area contributed by atoms with Crippen LogP contribution >= 0.6 is 0 Å². The molecule has 0 saturated heterocycles. The molecule has 0 fully saturated rings. The number of rotatable bonds is 4. The first-order chi connectivity index (χ1) is 5.97. The standard InChI is InChI=1S/C8H12O5/c1-5(9)4-7(10)13-6(2)8(11)12-3/h6H,4H2,1-3H3/t6-/m1/s1. The summed E-state index contributed by atoms with van der Waals surface area (Å²) in [6.07, 6.45) is -1.28. The van der Waals surface area contributed by atoms with Gasteiger partial charge in [0.15, 0.2) is 6.10 Å². The number of hydrogen-bond donors (Lipinski definition) is 0. The molecule has 0 bridgehead atoms. The summed E-state index contributed by atoms with van der Waals surface area (Å²) in [5.74, 6) is -1.66. The van der Waals surface area contributed by atoms with Gasteiger partial charge in [-0.3, -0.25) is 9.59 Å². The van der Waals surface area contributed by atoms with Gasteiger partial charge in [-0.05, 0) is 13.8 Å². The molecule has 0 N–H and O–H groups in total. The van der Waals surface area contributed by atoms with Crippen molar-refractivity contribution in [3.8, 4) is 0 Å². The van der Waals surface area contributed by atoms with E-state index in [0.29, 0.717) is 0 Å². The molecule has 0 aromatic carbocycles. The van der Waals surface area contributed by atoms with Gasteiger partial charge in [0.2, 0.25) is 0 Å². The number of ether oxygens (including phenoxy) is 2. The van der Waals surface area contributed by atoms with E-state index in [-0.39, 0.29) is 12.2 Å². The molecule has 5 heteroatoms. The van der Waals surface area contributed by atoms with Gasteiger partial charge < -0.3 is 9.47 Å². The average Bonchev–Trinajstić information content (AvgIpc) is 2.01. The third-order valence-electron chi connectivity index (χ3n) is 1.23. The highest BCUT2D eigenvalue weighted by molar-refractivity contribution is 5.94. The summed E-state index contributed by atoms with van der Waals surface area (Å²) in [4.78, 5) is 32.0. The van der Waals surface area contributed by atoms with E-state index >= 15 is 0 Å². The first-order valence-electron chi connectivity index (χ1n) is 3.74. The zero-order valence-electron chi connectivity index (χ0n) is 7.83. The van der Waals surface area contributed by atoms with Crippen LogP contribution in [0.1, 0.15) is 20.3 Å². The van der Waals surface area contributed by atoms with Crippen molar-refractivity contribution < 1.29 is 23.9 Å². The van der Waals surface area contributed by atoms with E-state index in [1.165, 1.54) is 21.0 Å². The lowest BCUT2D eigenvalue weighted by molar-refractivity contribution is -0.165. The summed E-state index contributed by atoms with van der Waals surface area (Å²) >= 11 is 0. The molecular weight excluding hydrogens is 176 g/mol. The molecule has 1 atom stereocenters. The summed E-state index contributed by atoms with van der Waals surface area (Å²) in [6, 6.07) is 0. The summed E-state index contributed by atoms with van der Waals surface area (Å²) in [7, 11) is 1.19. The van der Waals surface area contributed by atoms with Crippen LogP contribution in [0.15, 0.2) is 0 Å². The Balaban J connectivity index is 3.91. The molecule has 0 unspecified atom stereocenters. The molecule has 13 heavy (non-hydrogen) atoms. The van der Waals surface area contributed by atoms with Crippen LogP contribution in [-0.2, 0) is 23.9 Å². The minimum absolute atomic E-state index is 0.304. The van der Waals surface area contributed by atoms with Crippen molar-refractivity contribution in [3.63, 3.8) is 0 Å². The normalized spacial score (nSPS) is 11.6. The molecule has 0 amide bonds. The van der Waals surface area contributed by atoms with E-state index in [0.717, 1.165) is 0 Å². The van der Waals surface area contributed by atoms with Crippen molar-refractivity contribution >= 4 is 17.7 Å². The van der Waals surface area contributed by atoms with Crippen LogP contribution < -0.4 is 0 Å². The predicted octanol–water partition coefficient (Wildman–Crippen LogP) is 0.0702. The number of esters is 2. The second kappa shape index (κ2) is 5.29. The van der Waals surface area contributed by atoms with Gasteiger partial charge in [0.05, 0.1) is 7.11 Å². The number of carbonyl (C=O) groups is 3. The van der Waals surface area contributed by atoms with E-state index in [4.69, 9.17) is 0 Å².